The molecule has 0 aliphatic heterocycles. The molecule has 0 fully saturated rings. The molecule has 1 unspecified atom stereocenters. The first kappa shape index (κ1) is 15.5. The number of carboxylic acids is 1. The number of alkyl halides is 3. The maximum Gasteiger partial charge on any atom is 0.403 e. The zero-order valence-electron chi connectivity index (χ0n) is 8.67. The molecule has 0 aliphatic carbocycles. The van der Waals surface area contributed by atoms with E-state index >= 15 is 0 Å². The van der Waals surface area contributed by atoms with Gasteiger partial charge in [0.25, 0.3) is 0 Å². The third-order valence-electron chi connectivity index (χ3n) is 2.00. The molecule has 100 valence electrons. The van der Waals surface area contributed by atoms with Crippen LogP contribution in [0.2, 0.25) is 10.0 Å². The van der Waals surface area contributed by atoms with Crippen molar-refractivity contribution in [3.8, 4) is 0 Å². The van der Waals surface area contributed by atoms with Crippen LogP contribution in [0.25, 0.3) is 0 Å². The number of halogens is 5. The first-order valence-corrected chi connectivity index (χ1v) is 6.33. The van der Waals surface area contributed by atoms with Crippen molar-refractivity contribution in [1.82, 2.24) is 0 Å². The van der Waals surface area contributed by atoms with Gasteiger partial charge in [0.05, 0.1) is 10.0 Å². The second kappa shape index (κ2) is 6.04. The van der Waals surface area contributed by atoms with Gasteiger partial charge in [0, 0.05) is 10.6 Å². The predicted octanol–water partition coefficient (Wildman–Crippen LogP) is 4.35. The molecule has 0 aromatic heterocycles. The van der Waals surface area contributed by atoms with E-state index in [9.17, 15) is 18.0 Å². The van der Waals surface area contributed by atoms with Crippen molar-refractivity contribution in [2.24, 2.45) is 5.92 Å². The second-order valence-corrected chi connectivity index (χ2v) is 5.23. The smallest absolute Gasteiger partial charge is 0.403 e. The Kier molecular flexibility index (Phi) is 5.19. The summed E-state index contributed by atoms with van der Waals surface area (Å²) < 4.78 is 37.1. The van der Waals surface area contributed by atoms with Crippen LogP contribution in [0, 0.1) is 5.92 Å². The summed E-state index contributed by atoms with van der Waals surface area (Å²) in [5.41, 5.74) is 0. The van der Waals surface area contributed by atoms with Crippen LogP contribution in [0.5, 0.6) is 0 Å². The van der Waals surface area contributed by atoms with Gasteiger partial charge in [-0.1, -0.05) is 23.2 Å². The zero-order valence-corrected chi connectivity index (χ0v) is 11.0. The Labute approximate surface area is 115 Å². The average Bonchev–Trinajstić information content (AvgIpc) is 2.21. The lowest BCUT2D eigenvalue weighted by Crippen LogP contribution is -2.32. The molecule has 1 aromatic carbocycles. The van der Waals surface area contributed by atoms with E-state index in [1.807, 2.05) is 0 Å². The molecule has 2 nitrogen and oxygen atoms in total. The normalized spacial score (nSPS) is 13.4. The third-order valence-corrected chi connectivity index (χ3v) is 3.83. The van der Waals surface area contributed by atoms with Crippen molar-refractivity contribution in [1.29, 1.82) is 0 Å². The molecule has 1 atom stereocenters. The minimum absolute atomic E-state index is 0.209. The highest BCUT2D eigenvalue weighted by Crippen LogP contribution is 2.34. The largest absolute Gasteiger partial charge is 0.481 e. The van der Waals surface area contributed by atoms with Gasteiger partial charge >= 0.3 is 12.1 Å². The molecule has 0 radical (unpaired) electrons. The van der Waals surface area contributed by atoms with Crippen LogP contribution >= 0.6 is 35.0 Å². The molecule has 1 aromatic rings. The molecular formula is C10H7Cl2F3O2S. The number of aliphatic carboxylic acids is 1. The second-order valence-electron chi connectivity index (χ2n) is 3.32. The van der Waals surface area contributed by atoms with Crippen molar-refractivity contribution >= 4 is 40.9 Å². The summed E-state index contributed by atoms with van der Waals surface area (Å²) >= 11 is 12.1. The molecular weight excluding hydrogens is 312 g/mol. The van der Waals surface area contributed by atoms with Crippen LogP contribution in [0.15, 0.2) is 23.1 Å². The number of thioether (sulfide) groups is 1. The Hall–Kier alpha value is -0.590. The van der Waals surface area contributed by atoms with E-state index in [1.165, 1.54) is 18.2 Å². The molecule has 0 bridgehead atoms. The predicted molar refractivity (Wildman–Crippen MR) is 64.4 cm³/mol. The van der Waals surface area contributed by atoms with E-state index < -0.39 is 23.8 Å². The van der Waals surface area contributed by atoms with Gasteiger partial charge in [-0.15, -0.1) is 11.8 Å². The van der Waals surface area contributed by atoms with E-state index in [0.717, 1.165) is 11.8 Å². The van der Waals surface area contributed by atoms with E-state index in [1.54, 1.807) is 0 Å². The number of hydrogen-bond donors (Lipinski definition) is 1. The van der Waals surface area contributed by atoms with E-state index in [0.29, 0.717) is 4.90 Å². The van der Waals surface area contributed by atoms with Crippen LogP contribution < -0.4 is 0 Å². The first-order chi connectivity index (χ1) is 8.21. The number of hydrogen-bond acceptors (Lipinski definition) is 2. The lowest BCUT2D eigenvalue weighted by molar-refractivity contribution is -0.188. The SMILES string of the molecule is O=C(O)C(CSc1ccc(Cl)c(Cl)c1)C(F)(F)F. The van der Waals surface area contributed by atoms with Gasteiger partial charge < -0.3 is 5.11 Å². The van der Waals surface area contributed by atoms with E-state index in [2.05, 4.69) is 0 Å². The summed E-state index contributed by atoms with van der Waals surface area (Å²) in [5, 5.41) is 9.00. The lowest BCUT2D eigenvalue weighted by Gasteiger charge is -2.15. The molecule has 18 heavy (non-hydrogen) atoms. The fourth-order valence-electron chi connectivity index (χ4n) is 1.05. The van der Waals surface area contributed by atoms with Crippen molar-refractivity contribution in [2.45, 2.75) is 11.1 Å². The molecule has 0 saturated carbocycles. The van der Waals surface area contributed by atoms with Gasteiger partial charge in [-0.05, 0) is 18.2 Å². The van der Waals surface area contributed by atoms with Crippen molar-refractivity contribution < 1.29 is 23.1 Å². The molecule has 0 heterocycles. The number of carboxylic acid groups (broad SMARTS) is 1. The summed E-state index contributed by atoms with van der Waals surface area (Å²) in [5.74, 6) is -4.91. The van der Waals surface area contributed by atoms with Crippen LogP contribution in [0.3, 0.4) is 0 Å². The van der Waals surface area contributed by atoms with Crippen molar-refractivity contribution in [3.63, 3.8) is 0 Å². The van der Waals surface area contributed by atoms with Gasteiger partial charge in [0.15, 0.2) is 5.92 Å². The molecule has 1 rings (SSSR count). The molecule has 1 N–H and O–H groups in total. The highest BCUT2D eigenvalue weighted by molar-refractivity contribution is 7.99. The molecule has 0 saturated heterocycles. The summed E-state index contributed by atoms with van der Waals surface area (Å²) in [4.78, 5) is 10.9. The number of carbonyl (C=O) groups is 1. The molecule has 0 aliphatic rings. The fraction of sp³-hybridized carbons (Fsp3) is 0.300. The minimum Gasteiger partial charge on any atom is -0.481 e. The maximum absolute atomic E-state index is 12.4. The zero-order chi connectivity index (χ0) is 13.9. The monoisotopic (exact) mass is 318 g/mol. The Bertz CT molecular complexity index is 451. The maximum atomic E-state index is 12.4. The lowest BCUT2D eigenvalue weighted by atomic mass is 10.2. The van der Waals surface area contributed by atoms with E-state index in [-0.39, 0.29) is 10.0 Å². The van der Waals surface area contributed by atoms with Crippen LogP contribution in [0.1, 0.15) is 0 Å². The minimum atomic E-state index is -4.77. The van der Waals surface area contributed by atoms with Crippen LogP contribution in [-0.2, 0) is 4.79 Å². The molecule has 8 heteroatoms. The van der Waals surface area contributed by atoms with Gasteiger partial charge in [-0.3, -0.25) is 4.79 Å². The number of rotatable bonds is 4. The Morgan fingerprint density at radius 2 is 1.94 bits per heavy atom. The summed E-state index contributed by atoms with van der Waals surface area (Å²) in [6.45, 7) is 0. The van der Waals surface area contributed by atoms with E-state index in [4.69, 9.17) is 28.3 Å². The topological polar surface area (TPSA) is 37.3 Å². The van der Waals surface area contributed by atoms with Gasteiger partial charge in [-0.2, -0.15) is 13.2 Å². The summed E-state index contributed by atoms with van der Waals surface area (Å²) in [7, 11) is 0. The number of benzene rings is 1. The fourth-order valence-corrected chi connectivity index (χ4v) is 2.47. The van der Waals surface area contributed by atoms with Crippen LogP contribution in [0.4, 0.5) is 13.2 Å². The summed E-state index contributed by atoms with van der Waals surface area (Å²) in [6.07, 6.45) is -4.77. The van der Waals surface area contributed by atoms with Crippen molar-refractivity contribution in [2.75, 3.05) is 5.75 Å². The summed E-state index contributed by atoms with van der Waals surface area (Å²) in [6, 6.07) is 4.31. The molecule has 0 spiro atoms. The standard InChI is InChI=1S/C10H7Cl2F3O2S/c11-7-2-1-5(3-8(7)12)18-4-6(9(16)17)10(13,14)15/h1-3,6H,4H2,(H,16,17). The highest BCUT2D eigenvalue weighted by Gasteiger charge is 2.44. The van der Waals surface area contributed by atoms with Crippen molar-refractivity contribution in [3.05, 3.63) is 28.2 Å². The highest BCUT2D eigenvalue weighted by atomic mass is 35.5. The first-order valence-electron chi connectivity index (χ1n) is 4.59. The quantitative estimate of drug-likeness (QED) is 0.839. The van der Waals surface area contributed by atoms with Crippen LogP contribution in [-0.4, -0.2) is 23.0 Å². The third kappa shape index (κ3) is 4.26. The molecule has 0 amide bonds. The van der Waals surface area contributed by atoms with Gasteiger partial charge in [-0.25, -0.2) is 0 Å². The Morgan fingerprint density at radius 3 is 2.39 bits per heavy atom. The Balaban J connectivity index is 2.73. The van der Waals surface area contributed by atoms with Gasteiger partial charge in [0.2, 0.25) is 0 Å². The Morgan fingerprint density at radius 1 is 1.33 bits per heavy atom. The van der Waals surface area contributed by atoms with Gasteiger partial charge in [0.1, 0.15) is 0 Å². The average molecular weight is 319 g/mol.